The molecule has 0 bridgehead atoms. The molecule has 0 saturated carbocycles. The van der Waals surface area contributed by atoms with Gasteiger partial charge in [0.1, 0.15) is 0 Å². The molecule has 2 rings (SSSR count). The number of hydrogen-bond acceptors (Lipinski definition) is 3. The highest BCUT2D eigenvalue weighted by molar-refractivity contribution is 5.28. The number of nitrogens with zero attached hydrogens (tertiary/aromatic N) is 3. The number of para-hydroxylation sites is 1. The Balaban J connectivity index is 1.93. The van der Waals surface area contributed by atoms with Crippen molar-refractivity contribution in [1.29, 1.82) is 0 Å². The second kappa shape index (κ2) is 7.04. The summed E-state index contributed by atoms with van der Waals surface area (Å²) >= 11 is 0. The molecule has 0 aliphatic rings. The Hall–Kier alpha value is -1.68. The summed E-state index contributed by atoms with van der Waals surface area (Å²) in [7, 11) is 0. The van der Waals surface area contributed by atoms with Crippen LogP contribution in [-0.4, -0.2) is 15.0 Å². The van der Waals surface area contributed by atoms with Crippen LogP contribution in [0.4, 0.5) is 0 Å². The van der Waals surface area contributed by atoms with Crippen LogP contribution in [0, 0.1) is 0 Å². The van der Waals surface area contributed by atoms with E-state index in [1.54, 1.807) is 11.0 Å². The molecule has 1 aromatic carbocycles. The van der Waals surface area contributed by atoms with Gasteiger partial charge in [-0.05, 0) is 18.6 Å². The van der Waals surface area contributed by atoms with Crippen LogP contribution < -0.4 is 5.73 Å². The number of unbranched alkanes of at least 4 members (excludes halogenated alkanes) is 3. The average molecular weight is 258 g/mol. The maximum atomic E-state index is 6.15. The van der Waals surface area contributed by atoms with E-state index in [9.17, 15) is 0 Å². The van der Waals surface area contributed by atoms with Crippen molar-refractivity contribution in [1.82, 2.24) is 15.0 Å². The lowest BCUT2D eigenvalue weighted by Gasteiger charge is -2.07. The summed E-state index contributed by atoms with van der Waals surface area (Å²) in [5.41, 5.74) is 7.99. The molecule has 2 N–H and O–H groups in total. The van der Waals surface area contributed by atoms with Crippen LogP contribution >= 0.6 is 0 Å². The van der Waals surface area contributed by atoms with E-state index in [4.69, 9.17) is 5.73 Å². The molecule has 2 aromatic rings. The molecule has 4 heteroatoms. The Morgan fingerprint density at radius 1 is 1.16 bits per heavy atom. The van der Waals surface area contributed by atoms with Gasteiger partial charge < -0.3 is 5.73 Å². The number of benzene rings is 1. The van der Waals surface area contributed by atoms with Gasteiger partial charge in [-0.3, -0.25) is 0 Å². The molecule has 1 aromatic heterocycles. The van der Waals surface area contributed by atoms with Crippen LogP contribution in [0.3, 0.4) is 0 Å². The van der Waals surface area contributed by atoms with Gasteiger partial charge in [0.2, 0.25) is 0 Å². The van der Waals surface area contributed by atoms with E-state index in [-0.39, 0.29) is 6.04 Å². The second-order valence-corrected chi connectivity index (χ2v) is 4.85. The largest absolute Gasteiger partial charge is 0.323 e. The molecule has 0 aliphatic carbocycles. The number of nitrogens with two attached hydrogens (primary N) is 1. The Morgan fingerprint density at radius 3 is 2.68 bits per heavy atom. The van der Waals surface area contributed by atoms with E-state index in [1.807, 2.05) is 30.3 Å². The highest BCUT2D eigenvalue weighted by atomic mass is 15.5. The lowest BCUT2D eigenvalue weighted by atomic mass is 10.1. The van der Waals surface area contributed by atoms with E-state index >= 15 is 0 Å². The molecular weight excluding hydrogens is 236 g/mol. The smallest absolute Gasteiger partial charge is 0.0998 e. The van der Waals surface area contributed by atoms with Crippen LogP contribution in [0.5, 0.6) is 0 Å². The van der Waals surface area contributed by atoms with Crippen LogP contribution in [0.15, 0.2) is 36.5 Å². The van der Waals surface area contributed by atoms with E-state index < -0.39 is 0 Å². The Bertz CT molecular complexity index is 478. The Morgan fingerprint density at radius 2 is 1.95 bits per heavy atom. The van der Waals surface area contributed by atoms with Gasteiger partial charge in [-0.15, -0.1) is 0 Å². The summed E-state index contributed by atoms with van der Waals surface area (Å²) in [6, 6.07) is 9.89. The summed E-state index contributed by atoms with van der Waals surface area (Å²) in [6.45, 7) is 2.21. The molecule has 0 spiro atoms. The first-order valence-electron chi connectivity index (χ1n) is 7.04. The number of rotatable bonds is 7. The monoisotopic (exact) mass is 258 g/mol. The summed E-state index contributed by atoms with van der Waals surface area (Å²) < 4.78 is 0. The topological polar surface area (TPSA) is 56.7 Å². The lowest BCUT2D eigenvalue weighted by molar-refractivity contribution is 0.553. The van der Waals surface area contributed by atoms with E-state index in [0.29, 0.717) is 0 Å². The van der Waals surface area contributed by atoms with Crippen molar-refractivity contribution in [2.24, 2.45) is 5.73 Å². The molecule has 19 heavy (non-hydrogen) atoms. The first-order chi connectivity index (χ1) is 9.31. The predicted molar refractivity (Wildman–Crippen MR) is 77.0 cm³/mol. The third-order valence-corrected chi connectivity index (χ3v) is 3.25. The van der Waals surface area contributed by atoms with Gasteiger partial charge >= 0.3 is 0 Å². The standard InChI is InChI=1S/C15H22N4/c1-2-3-4-8-11-14(16)15-12-17-19(18-15)13-9-6-5-7-10-13/h5-7,9-10,12,14H,2-4,8,11,16H2,1H3. The molecule has 4 nitrogen and oxygen atoms in total. The van der Waals surface area contributed by atoms with Crippen molar-refractivity contribution in [3.8, 4) is 5.69 Å². The molecule has 0 amide bonds. The third kappa shape index (κ3) is 3.89. The molecule has 102 valence electrons. The minimum absolute atomic E-state index is 0.00526. The molecule has 0 saturated heterocycles. The molecule has 0 radical (unpaired) electrons. The van der Waals surface area contributed by atoms with Gasteiger partial charge in [0.25, 0.3) is 0 Å². The summed E-state index contributed by atoms with van der Waals surface area (Å²) in [4.78, 5) is 1.64. The first kappa shape index (κ1) is 13.7. The highest BCUT2D eigenvalue weighted by Gasteiger charge is 2.10. The number of aromatic nitrogens is 3. The van der Waals surface area contributed by atoms with E-state index in [0.717, 1.165) is 24.2 Å². The van der Waals surface area contributed by atoms with E-state index in [1.165, 1.54) is 19.3 Å². The Kier molecular flexibility index (Phi) is 5.10. The minimum Gasteiger partial charge on any atom is -0.323 e. The summed E-state index contributed by atoms with van der Waals surface area (Å²) in [6.07, 6.45) is 7.69. The van der Waals surface area contributed by atoms with Gasteiger partial charge in [0.15, 0.2) is 0 Å². The summed E-state index contributed by atoms with van der Waals surface area (Å²) in [5.74, 6) is 0. The summed E-state index contributed by atoms with van der Waals surface area (Å²) in [5, 5.41) is 8.74. The molecule has 1 atom stereocenters. The van der Waals surface area contributed by atoms with Gasteiger partial charge in [0.05, 0.1) is 23.6 Å². The zero-order valence-electron chi connectivity index (χ0n) is 11.5. The predicted octanol–water partition coefficient (Wildman–Crippen LogP) is 3.24. The van der Waals surface area contributed by atoms with Crippen molar-refractivity contribution >= 4 is 0 Å². The van der Waals surface area contributed by atoms with Gasteiger partial charge in [-0.1, -0.05) is 50.8 Å². The maximum absolute atomic E-state index is 6.15. The lowest BCUT2D eigenvalue weighted by Crippen LogP contribution is -2.11. The van der Waals surface area contributed by atoms with Crippen molar-refractivity contribution in [3.05, 3.63) is 42.2 Å². The third-order valence-electron chi connectivity index (χ3n) is 3.25. The van der Waals surface area contributed by atoms with Crippen LogP contribution in [0.2, 0.25) is 0 Å². The molecule has 0 aliphatic heterocycles. The quantitative estimate of drug-likeness (QED) is 0.776. The fourth-order valence-corrected chi connectivity index (χ4v) is 2.07. The maximum Gasteiger partial charge on any atom is 0.0998 e. The minimum atomic E-state index is -0.00526. The van der Waals surface area contributed by atoms with Crippen LogP contribution in [0.25, 0.3) is 5.69 Å². The molecule has 1 unspecified atom stereocenters. The average Bonchev–Trinajstić information content (AvgIpc) is 2.94. The fraction of sp³-hybridized carbons (Fsp3) is 0.467. The normalized spacial score (nSPS) is 12.5. The fourth-order valence-electron chi connectivity index (χ4n) is 2.07. The van der Waals surface area contributed by atoms with Crippen LogP contribution in [-0.2, 0) is 0 Å². The number of hydrogen-bond donors (Lipinski definition) is 1. The van der Waals surface area contributed by atoms with Crippen LogP contribution in [0.1, 0.15) is 50.8 Å². The highest BCUT2D eigenvalue weighted by Crippen LogP contribution is 2.16. The van der Waals surface area contributed by atoms with Crippen molar-refractivity contribution < 1.29 is 0 Å². The second-order valence-electron chi connectivity index (χ2n) is 4.85. The van der Waals surface area contributed by atoms with Crippen molar-refractivity contribution in [3.63, 3.8) is 0 Å². The van der Waals surface area contributed by atoms with Gasteiger partial charge in [-0.2, -0.15) is 15.0 Å². The van der Waals surface area contributed by atoms with Crippen molar-refractivity contribution in [2.75, 3.05) is 0 Å². The Labute approximate surface area is 114 Å². The first-order valence-corrected chi connectivity index (χ1v) is 7.04. The molecule has 1 heterocycles. The zero-order chi connectivity index (χ0) is 13.5. The van der Waals surface area contributed by atoms with Gasteiger partial charge in [-0.25, -0.2) is 0 Å². The molecule has 0 fully saturated rings. The van der Waals surface area contributed by atoms with Crippen molar-refractivity contribution in [2.45, 2.75) is 45.1 Å². The SMILES string of the molecule is CCCCCCC(N)c1cnn(-c2ccccc2)n1. The van der Waals surface area contributed by atoms with E-state index in [2.05, 4.69) is 17.1 Å². The van der Waals surface area contributed by atoms with Gasteiger partial charge in [0, 0.05) is 0 Å². The molecular formula is C15H22N4. The zero-order valence-corrected chi connectivity index (χ0v) is 11.5.